The molecule has 0 N–H and O–H groups in total. The van der Waals surface area contributed by atoms with Crippen LogP contribution >= 0.6 is 11.3 Å². The number of thiophene rings is 1. The average molecular weight is 302 g/mol. The van der Waals surface area contributed by atoms with Gasteiger partial charge in [-0.1, -0.05) is 0 Å². The number of ether oxygens (including phenoxy) is 1. The Balaban J connectivity index is 2.20. The van der Waals surface area contributed by atoms with Crippen LogP contribution in [0.5, 0.6) is 5.75 Å². The van der Waals surface area contributed by atoms with E-state index < -0.39 is 5.82 Å². The van der Waals surface area contributed by atoms with E-state index in [0.717, 1.165) is 4.88 Å². The monoisotopic (exact) mass is 302 g/mol. The Morgan fingerprint density at radius 2 is 2.10 bits per heavy atom. The molecule has 0 aliphatic heterocycles. The highest BCUT2D eigenvalue weighted by Crippen LogP contribution is 2.28. The van der Waals surface area contributed by atoms with Gasteiger partial charge in [0.2, 0.25) is 0 Å². The van der Waals surface area contributed by atoms with Gasteiger partial charge in [-0.3, -0.25) is 9.36 Å². The molecule has 0 saturated carbocycles. The van der Waals surface area contributed by atoms with Crippen molar-refractivity contribution in [3.63, 3.8) is 0 Å². The largest absolute Gasteiger partial charge is 0.494 e. The summed E-state index contributed by atoms with van der Waals surface area (Å²) in [4.78, 5) is 14.3. The summed E-state index contributed by atoms with van der Waals surface area (Å²) in [5, 5.41) is 0.660. The van der Waals surface area contributed by atoms with Crippen LogP contribution in [0, 0.1) is 25.7 Å². The molecule has 0 bridgehead atoms. The van der Waals surface area contributed by atoms with Crippen LogP contribution in [-0.2, 0) is 0 Å². The standard InChI is InChI=1S/C16H13FNO2S/c1-9-6-11-7-14(20-3)12(17)8-13(11)18(9)16(19)15-5-4-10(2)21-15/h4-5,7-8H,1-3H3. The number of hydrogen-bond acceptors (Lipinski definition) is 3. The predicted molar refractivity (Wildman–Crippen MR) is 80.8 cm³/mol. The number of halogens is 1. The highest BCUT2D eigenvalue weighted by Gasteiger charge is 2.18. The number of aryl methyl sites for hydroxylation is 2. The summed E-state index contributed by atoms with van der Waals surface area (Å²) >= 11 is 1.42. The lowest BCUT2D eigenvalue weighted by molar-refractivity contribution is 0.0967. The van der Waals surface area contributed by atoms with Gasteiger partial charge < -0.3 is 4.74 Å². The molecule has 0 unspecified atom stereocenters. The van der Waals surface area contributed by atoms with E-state index in [9.17, 15) is 9.18 Å². The summed E-state index contributed by atoms with van der Waals surface area (Å²) in [5.74, 6) is -0.510. The first-order valence-corrected chi connectivity index (χ1v) is 7.22. The molecule has 0 amide bonds. The van der Waals surface area contributed by atoms with Crippen molar-refractivity contribution >= 4 is 28.1 Å². The maximum absolute atomic E-state index is 13.9. The van der Waals surface area contributed by atoms with Crippen molar-refractivity contribution in [1.29, 1.82) is 0 Å². The quantitative estimate of drug-likeness (QED) is 0.717. The number of fused-ring (bicyclic) bond motifs is 1. The highest BCUT2D eigenvalue weighted by molar-refractivity contribution is 7.14. The molecule has 21 heavy (non-hydrogen) atoms. The predicted octanol–water partition coefficient (Wildman–Crippen LogP) is 3.96. The fourth-order valence-electron chi connectivity index (χ4n) is 2.34. The summed E-state index contributed by atoms with van der Waals surface area (Å²) in [6.45, 7) is 3.72. The fraction of sp³-hybridized carbons (Fsp3) is 0.188. The summed E-state index contributed by atoms with van der Waals surface area (Å²) < 4.78 is 20.4. The van der Waals surface area contributed by atoms with E-state index in [1.165, 1.54) is 29.1 Å². The van der Waals surface area contributed by atoms with Gasteiger partial charge >= 0.3 is 0 Å². The van der Waals surface area contributed by atoms with Crippen LogP contribution in [0.2, 0.25) is 0 Å². The number of carbonyl (C=O) groups excluding carboxylic acids is 1. The van der Waals surface area contributed by atoms with Crippen molar-refractivity contribution in [2.45, 2.75) is 13.8 Å². The fourth-order valence-corrected chi connectivity index (χ4v) is 3.13. The second kappa shape index (κ2) is 5.00. The maximum Gasteiger partial charge on any atom is 0.272 e. The molecule has 5 heteroatoms. The molecule has 107 valence electrons. The SMILES string of the molecule is COc1cc2[c]c(C)n(C(=O)c3ccc(C)s3)c2cc1F. The molecule has 0 aliphatic rings. The second-order valence-corrected chi connectivity index (χ2v) is 6.05. The zero-order chi connectivity index (χ0) is 15.1. The minimum Gasteiger partial charge on any atom is -0.494 e. The third-order valence-electron chi connectivity index (χ3n) is 3.32. The van der Waals surface area contributed by atoms with E-state index in [2.05, 4.69) is 6.07 Å². The molecule has 3 rings (SSSR count). The Kier molecular flexibility index (Phi) is 3.29. The van der Waals surface area contributed by atoms with Gasteiger partial charge in [-0.15, -0.1) is 11.3 Å². The van der Waals surface area contributed by atoms with Gasteiger partial charge in [0, 0.05) is 28.1 Å². The van der Waals surface area contributed by atoms with Gasteiger partial charge in [0.15, 0.2) is 11.6 Å². The van der Waals surface area contributed by atoms with Crippen molar-refractivity contribution in [2.75, 3.05) is 7.11 Å². The lowest BCUT2D eigenvalue weighted by atomic mass is 10.2. The smallest absolute Gasteiger partial charge is 0.272 e. The molecule has 1 radical (unpaired) electrons. The second-order valence-electron chi connectivity index (χ2n) is 4.77. The minimum absolute atomic E-state index is 0.148. The Morgan fingerprint density at radius 1 is 1.33 bits per heavy atom. The molecule has 0 spiro atoms. The molecule has 0 saturated heterocycles. The maximum atomic E-state index is 13.9. The van der Waals surface area contributed by atoms with Gasteiger partial charge in [-0.25, -0.2) is 4.39 Å². The lowest BCUT2D eigenvalue weighted by Crippen LogP contribution is -2.11. The van der Waals surface area contributed by atoms with Crippen LogP contribution in [0.15, 0.2) is 24.3 Å². The number of benzene rings is 1. The van der Waals surface area contributed by atoms with Crippen LogP contribution in [0.4, 0.5) is 4.39 Å². The topological polar surface area (TPSA) is 31.2 Å². The summed E-state index contributed by atoms with van der Waals surface area (Å²) in [6.07, 6.45) is 0. The normalized spacial score (nSPS) is 11.0. The Morgan fingerprint density at radius 3 is 2.71 bits per heavy atom. The van der Waals surface area contributed by atoms with Crippen molar-refractivity contribution < 1.29 is 13.9 Å². The summed E-state index contributed by atoms with van der Waals surface area (Å²) in [7, 11) is 1.41. The van der Waals surface area contributed by atoms with Crippen molar-refractivity contribution in [3.8, 4) is 5.75 Å². The van der Waals surface area contributed by atoms with Gasteiger partial charge in [-0.2, -0.15) is 0 Å². The molecule has 3 aromatic rings. The van der Waals surface area contributed by atoms with Gasteiger partial charge in [-0.05, 0) is 32.0 Å². The van der Waals surface area contributed by atoms with E-state index in [-0.39, 0.29) is 11.7 Å². The molecule has 3 nitrogen and oxygen atoms in total. The van der Waals surface area contributed by atoms with E-state index in [4.69, 9.17) is 4.74 Å². The molecular formula is C16H13FNO2S. The third kappa shape index (κ3) is 2.23. The number of nitrogens with zero attached hydrogens (tertiary/aromatic N) is 1. The number of carbonyl (C=O) groups is 1. The number of methoxy groups -OCH3 is 1. The number of hydrogen-bond donors (Lipinski definition) is 0. The van der Waals surface area contributed by atoms with E-state index in [1.807, 2.05) is 13.0 Å². The van der Waals surface area contributed by atoms with E-state index in [1.54, 1.807) is 19.1 Å². The average Bonchev–Trinajstić information content (AvgIpc) is 3.00. The minimum atomic E-state index is -0.493. The lowest BCUT2D eigenvalue weighted by Gasteiger charge is -2.06. The van der Waals surface area contributed by atoms with Crippen LogP contribution in [0.3, 0.4) is 0 Å². The number of aromatic nitrogens is 1. The van der Waals surface area contributed by atoms with Crippen LogP contribution in [-0.4, -0.2) is 17.6 Å². The first-order valence-electron chi connectivity index (χ1n) is 6.40. The Bertz CT molecular complexity index is 847. The van der Waals surface area contributed by atoms with E-state index in [0.29, 0.717) is 21.5 Å². The Hall–Kier alpha value is -2.14. The Labute approximate surface area is 125 Å². The zero-order valence-electron chi connectivity index (χ0n) is 11.9. The number of rotatable bonds is 2. The van der Waals surface area contributed by atoms with Gasteiger partial charge in [0.1, 0.15) is 0 Å². The molecule has 0 fully saturated rings. The first kappa shape index (κ1) is 13.8. The van der Waals surface area contributed by atoms with Crippen LogP contribution < -0.4 is 4.74 Å². The van der Waals surface area contributed by atoms with Gasteiger partial charge in [0.25, 0.3) is 5.91 Å². The first-order chi connectivity index (χ1) is 10.0. The molecule has 2 aromatic heterocycles. The summed E-state index contributed by atoms with van der Waals surface area (Å²) in [6, 6.07) is 9.64. The van der Waals surface area contributed by atoms with Crippen molar-refractivity contribution in [2.24, 2.45) is 0 Å². The third-order valence-corrected chi connectivity index (χ3v) is 4.30. The van der Waals surface area contributed by atoms with Gasteiger partial charge in [0.05, 0.1) is 17.5 Å². The molecule has 1 aromatic carbocycles. The van der Waals surface area contributed by atoms with Crippen LogP contribution in [0.25, 0.3) is 10.9 Å². The van der Waals surface area contributed by atoms with Crippen molar-refractivity contribution in [1.82, 2.24) is 4.57 Å². The molecular weight excluding hydrogens is 289 g/mol. The summed E-state index contributed by atoms with van der Waals surface area (Å²) in [5.41, 5.74) is 1.15. The highest BCUT2D eigenvalue weighted by atomic mass is 32.1. The zero-order valence-corrected chi connectivity index (χ0v) is 12.7. The molecule has 2 heterocycles. The van der Waals surface area contributed by atoms with Crippen LogP contribution in [0.1, 0.15) is 20.2 Å². The molecule has 0 aliphatic carbocycles. The van der Waals surface area contributed by atoms with E-state index >= 15 is 0 Å². The molecule has 0 atom stereocenters. The van der Waals surface area contributed by atoms with Crippen molar-refractivity contribution in [3.05, 3.63) is 51.6 Å².